The quantitative estimate of drug-likeness (QED) is 0.736. The average molecular weight is 302 g/mol. The maximum absolute atomic E-state index is 9.63. The third-order valence-electron chi connectivity index (χ3n) is 2.70. The van der Waals surface area contributed by atoms with Gasteiger partial charge in [-0.15, -0.1) is 0 Å². The van der Waals surface area contributed by atoms with Gasteiger partial charge in [0.1, 0.15) is 18.5 Å². The van der Waals surface area contributed by atoms with E-state index in [-0.39, 0.29) is 13.2 Å². The Labute approximate surface area is 126 Å². The Bertz CT molecular complexity index is 399. The normalized spacial score (nSPS) is 12.7. The highest BCUT2D eigenvalue weighted by atomic mass is 35.5. The Morgan fingerprint density at radius 2 is 2.05 bits per heavy atom. The fourth-order valence-electron chi connectivity index (χ4n) is 1.77. The summed E-state index contributed by atoms with van der Waals surface area (Å²) in [5, 5.41) is 13.5. The molecule has 0 radical (unpaired) electrons. The van der Waals surface area contributed by atoms with Crippen LogP contribution in [-0.4, -0.2) is 38.1 Å². The lowest BCUT2D eigenvalue weighted by atomic mass is 10.1. The van der Waals surface area contributed by atoms with Gasteiger partial charge in [-0.2, -0.15) is 0 Å². The summed E-state index contributed by atoms with van der Waals surface area (Å²) in [6, 6.07) is 5.65. The Morgan fingerprint density at radius 1 is 1.30 bits per heavy atom. The number of rotatable bonds is 9. The predicted molar refractivity (Wildman–Crippen MR) is 81.4 cm³/mol. The molecular formula is C15H24ClNO3. The number of nitrogens with one attached hydrogen (secondary N) is 1. The maximum atomic E-state index is 9.63. The minimum absolute atomic E-state index is 0.161. The Hall–Kier alpha value is -0.810. The topological polar surface area (TPSA) is 50.7 Å². The first kappa shape index (κ1) is 17.2. The van der Waals surface area contributed by atoms with Crippen LogP contribution in [0.3, 0.4) is 0 Å². The van der Waals surface area contributed by atoms with Crippen LogP contribution < -0.4 is 10.1 Å². The molecule has 0 heterocycles. The molecule has 1 aromatic rings. The lowest BCUT2D eigenvalue weighted by Gasteiger charge is -2.16. The molecule has 0 bridgehead atoms. The van der Waals surface area contributed by atoms with E-state index in [2.05, 4.69) is 19.2 Å². The first-order valence-corrected chi connectivity index (χ1v) is 7.20. The highest BCUT2D eigenvalue weighted by Gasteiger charge is 2.11. The number of benzene rings is 1. The van der Waals surface area contributed by atoms with E-state index in [1.165, 1.54) is 0 Å². The number of ether oxygens (including phenoxy) is 2. The summed E-state index contributed by atoms with van der Waals surface area (Å²) in [5.41, 5.74) is 0.989. The molecule has 0 aromatic heterocycles. The van der Waals surface area contributed by atoms with Crippen LogP contribution >= 0.6 is 11.6 Å². The number of aliphatic hydroxyl groups is 1. The Kier molecular flexibility index (Phi) is 7.92. The molecule has 0 fully saturated rings. The molecule has 0 aliphatic carbocycles. The van der Waals surface area contributed by atoms with Gasteiger partial charge in [-0.3, -0.25) is 0 Å². The van der Waals surface area contributed by atoms with E-state index in [1.807, 2.05) is 12.1 Å². The molecule has 4 nitrogen and oxygen atoms in total. The number of methoxy groups -OCH3 is 1. The van der Waals surface area contributed by atoms with Crippen LogP contribution in [0, 0.1) is 5.92 Å². The van der Waals surface area contributed by atoms with Gasteiger partial charge in [-0.1, -0.05) is 37.6 Å². The smallest absolute Gasteiger partial charge is 0.142 e. The number of hydrogen-bond acceptors (Lipinski definition) is 4. The molecule has 0 amide bonds. The first-order chi connectivity index (χ1) is 9.54. The van der Waals surface area contributed by atoms with Crippen molar-refractivity contribution in [2.45, 2.75) is 26.5 Å². The van der Waals surface area contributed by atoms with Crippen molar-refractivity contribution in [2.75, 3.05) is 26.9 Å². The monoisotopic (exact) mass is 301 g/mol. The first-order valence-electron chi connectivity index (χ1n) is 6.82. The van der Waals surface area contributed by atoms with E-state index in [4.69, 9.17) is 21.1 Å². The molecule has 0 aliphatic rings. The molecule has 2 N–H and O–H groups in total. The molecule has 5 heteroatoms. The van der Waals surface area contributed by atoms with Gasteiger partial charge in [0.25, 0.3) is 0 Å². The van der Waals surface area contributed by atoms with E-state index in [0.717, 1.165) is 12.1 Å². The number of hydrogen-bond donors (Lipinski definition) is 2. The molecule has 0 spiro atoms. The van der Waals surface area contributed by atoms with Crippen molar-refractivity contribution >= 4 is 11.6 Å². The second kappa shape index (κ2) is 9.19. The molecule has 0 aliphatic heterocycles. The molecule has 0 saturated carbocycles. The van der Waals surface area contributed by atoms with Crippen LogP contribution in [0.15, 0.2) is 18.2 Å². The van der Waals surface area contributed by atoms with Crippen molar-refractivity contribution in [2.24, 2.45) is 5.92 Å². The SMILES string of the molecule is COCC(O)COc1c(Cl)cccc1CNCC(C)C. The highest BCUT2D eigenvalue weighted by Crippen LogP contribution is 2.28. The maximum Gasteiger partial charge on any atom is 0.142 e. The summed E-state index contributed by atoms with van der Waals surface area (Å²) in [4.78, 5) is 0. The third kappa shape index (κ3) is 6.09. The second-order valence-electron chi connectivity index (χ2n) is 5.17. The molecule has 1 atom stereocenters. The Morgan fingerprint density at radius 3 is 2.70 bits per heavy atom. The largest absolute Gasteiger partial charge is 0.489 e. The van der Waals surface area contributed by atoms with Crippen LogP contribution in [-0.2, 0) is 11.3 Å². The van der Waals surface area contributed by atoms with Crippen molar-refractivity contribution in [3.8, 4) is 5.75 Å². The van der Waals surface area contributed by atoms with Crippen LogP contribution in [0.4, 0.5) is 0 Å². The van der Waals surface area contributed by atoms with E-state index < -0.39 is 6.10 Å². The lowest BCUT2D eigenvalue weighted by molar-refractivity contribution is 0.0323. The van der Waals surface area contributed by atoms with E-state index in [1.54, 1.807) is 13.2 Å². The molecule has 0 saturated heterocycles. The van der Waals surface area contributed by atoms with Crippen molar-refractivity contribution in [1.82, 2.24) is 5.32 Å². The summed E-state index contributed by atoms with van der Waals surface area (Å²) in [5.74, 6) is 1.21. The lowest BCUT2D eigenvalue weighted by Crippen LogP contribution is -2.24. The number of aliphatic hydroxyl groups excluding tert-OH is 1. The second-order valence-corrected chi connectivity index (χ2v) is 5.58. The third-order valence-corrected chi connectivity index (χ3v) is 2.99. The van der Waals surface area contributed by atoms with E-state index in [9.17, 15) is 5.11 Å². The zero-order valence-electron chi connectivity index (χ0n) is 12.4. The van der Waals surface area contributed by atoms with Gasteiger partial charge in [-0.25, -0.2) is 0 Å². The van der Waals surface area contributed by atoms with Gasteiger partial charge in [0.2, 0.25) is 0 Å². The minimum atomic E-state index is -0.659. The van der Waals surface area contributed by atoms with Gasteiger partial charge in [0.15, 0.2) is 0 Å². The Balaban J connectivity index is 2.63. The van der Waals surface area contributed by atoms with Gasteiger partial charge < -0.3 is 19.9 Å². The molecular weight excluding hydrogens is 278 g/mol. The number of halogens is 1. The van der Waals surface area contributed by atoms with Crippen LogP contribution in [0.2, 0.25) is 5.02 Å². The molecule has 1 rings (SSSR count). The van der Waals surface area contributed by atoms with Crippen molar-refractivity contribution in [3.05, 3.63) is 28.8 Å². The summed E-state index contributed by atoms with van der Waals surface area (Å²) in [6.07, 6.45) is -0.659. The number of para-hydroxylation sites is 1. The zero-order valence-corrected chi connectivity index (χ0v) is 13.1. The molecule has 1 unspecified atom stereocenters. The van der Waals surface area contributed by atoms with Crippen molar-refractivity contribution < 1.29 is 14.6 Å². The van der Waals surface area contributed by atoms with Crippen molar-refractivity contribution in [3.63, 3.8) is 0 Å². The summed E-state index contributed by atoms with van der Waals surface area (Å²) >= 11 is 6.17. The molecule has 114 valence electrons. The fourth-order valence-corrected chi connectivity index (χ4v) is 2.02. The van der Waals surface area contributed by atoms with Crippen molar-refractivity contribution in [1.29, 1.82) is 0 Å². The summed E-state index contributed by atoms with van der Waals surface area (Å²) in [7, 11) is 1.54. The van der Waals surface area contributed by atoms with E-state index >= 15 is 0 Å². The molecule has 1 aromatic carbocycles. The fraction of sp³-hybridized carbons (Fsp3) is 0.600. The van der Waals surface area contributed by atoms with Gasteiger partial charge in [0, 0.05) is 19.2 Å². The van der Waals surface area contributed by atoms with Gasteiger partial charge >= 0.3 is 0 Å². The average Bonchev–Trinajstić information content (AvgIpc) is 2.38. The standard InChI is InChI=1S/C15H24ClNO3/c1-11(2)7-17-8-12-5-4-6-14(16)15(12)20-10-13(18)9-19-3/h4-6,11,13,17-18H,7-10H2,1-3H3. The van der Waals surface area contributed by atoms with Crippen LogP contribution in [0.1, 0.15) is 19.4 Å². The summed E-state index contributed by atoms with van der Waals surface area (Å²) < 4.78 is 10.5. The zero-order chi connectivity index (χ0) is 15.0. The summed E-state index contributed by atoms with van der Waals surface area (Å²) in [6.45, 7) is 6.33. The van der Waals surface area contributed by atoms with Crippen LogP contribution in [0.25, 0.3) is 0 Å². The van der Waals surface area contributed by atoms with E-state index in [0.29, 0.717) is 23.2 Å². The molecule has 20 heavy (non-hydrogen) atoms. The van der Waals surface area contributed by atoms with Gasteiger partial charge in [-0.05, 0) is 18.5 Å². The predicted octanol–water partition coefficient (Wildman–Crippen LogP) is 2.47. The van der Waals surface area contributed by atoms with Crippen LogP contribution in [0.5, 0.6) is 5.75 Å². The van der Waals surface area contributed by atoms with Gasteiger partial charge in [0.05, 0.1) is 11.6 Å². The minimum Gasteiger partial charge on any atom is -0.489 e. The highest BCUT2D eigenvalue weighted by molar-refractivity contribution is 6.32.